The second-order valence-electron chi connectivity index (χ2n) is 8.45. The summed E-state index contributed by atoms with van der Waals surface area (Å²) in [6.45, 7) is 12.0. The van der Waals surface area contributed by atoms with Crippen LogP contribution in [0.1, 0.15) is 112 Å². The highest BCUT2D eigenvalue weighted by molar-refractivity contribution is 5.01. The number of hydrogen-bond acceptors (Lipinski definition) is 0. The molecule has 1 aliphatic rings. The van der Waals surface area contributed by atoms with Gasteiger partial charge in [-0.2, -0.15) is 0 Å². The third-order valence-corrected chi connectivity index (χ3v) is 5.95. The number of rotatable bonds is 13. The second-order valence-corrected chi connectivity index (χ2v) is 8.45. The van der Waals surface area contributed by atoms with Gasteiger partial charge in [-0.15, -0.1) is 0 Å². The van der Waals surface area contributed by atoms with Crippen molar-refractivity contribution in [1.82, 2.24) is 0 Å². The second kappa shape index (κ2) is 9.90. The third-order valence-electron chi connectivity index (χ3n) is 5.95. The fourth-order valence-electron chi connectivity index (χ4n) is 4.33. The maximum atomic E-state index is 2.52. The minimum Gasteiger partial charge on any atom is -0.0654 e. The highest BCUT2D eigenvalue weighted by Crippen LogP contribution is 2.61. The lowest BCUT2D eigenvalue weighted by molar-refractivity contribution is 0.305. The van der Waals surface area contributed by atoms with Crippen LogP contribution >= 0.6 is 0 Å². The highest BCUT2D eigenvalue weighted by Gasteiger charge is 2.51. The molecule has 21 heavy (non-hydrogen) atoms. The monoisotopic (exact) mass is 294 g/mol. The van der Waals surface area contributed by atoms with E-state index in [1.807, 2.05) is 0 Å². The van der Waals surface area contributed by atoms with E-state index in [0.29, 0.717) is 0 Å². The average molecular weight is 295 g/mol. The Morgan fingerprint density at radius 3 is 2.24 bits per heavy atom. The van der Waals surface area contributed by atoms with Gasteiger partial charge in [-0.3, -0.25) is 0 Å². The Balaban J connectivity index is 2.13. The minimum absolute atomic E-state index is 0.769. The van der Waals surface area contributed by atoms with Crippen LogP contribution in [0.2, 0.25) is 0 Å². The van der Waals surface area contributed by atoms with E-state index in [1.54, 1.807) is 6.42 Å². The number of hydrogen-bond donors (Lipinski definition) is 0. The van der Waals surface area contributed by atoms with Crippen molar-refractivity contribution in [3.8, 4) is 0 Å². The van der Waals surface area contributed by atoms with Crippen molar-refractivity contribution in [2.45, 2.75) is 112 Å². The van der Waals surface area contributed by atoms with Crippen LogP contribution in [0.4, 0.5) is 0 Å². The van der Waals surface area contributed by atoms with Crippen LogP contribution in [0.25, 0.3) is 0 Å². The largest absolute Gasteiger partial charge is 0.0654 e. The first kappa shape index (κ1) is 19.0. The van der Waals surface area contributed by atoms with E-state index in [1.165, 1.54) is 70.6 Å². The molecule has 0 N–H and O–H groups in total. The molecule has 1 fully saturated rings. The Hall–Kier alpha value is 0. The van der Waals surface area contributed by atoms with Crippen LogP contribution in [0, 0.1) is 23.2 Å². The van der Waals surface area contributed by atoms with Gasteiger partial charge in [0.2, 0.25) is 0 Å². The van der Waals surface area contributed by atoms with Gasteiger partial charge in [-0.05, 0) is 42.4 Å². The maximum Gasteiger partial charge on any atom is -0.0266 e. The first-order valence-corrected chi connectivity index (χ1v) is 10.0. The van der Waals surface area contributed by atoms with Gasteiger partial charge in [-0.1, -0.05) is 92.4 Å². The van der Waals surface area contributed by atoms with Gasteiger partial charge in [0.15, 0.2) is 0 Å². The molecular weight excluding hydrogens is 252 g/mol. The fourth-order valence-corrected chi connectivity index (χ4v) is 4.33. The normalized spacial score (nSPS) is 26.3. The topological polar surface area (TPSA) is 0 Å². The summed E-state index contributed by atoms with van der Waals surface area (Å²) < 4.78 is 0. The van der Waals surface area contributed by atoms with Crippen molar-refractivity contribution in [2.24, 2.45) is 23.2 Å². The summed E-state index contributed by atoms with van der Waals surface area (Å²) in [5, 5.41) is 0. The van der Waals surface area contributed by atoms with Crippen molar-refractivity contribution in [3.05, 3.63) is 0 Å². The summed E-state index contributed by atoms with van der Waals surface area (Å²) in [7, 11) is 0. The zero-order chi connectivity index (χ0) is 15.7. The number of unbranched alkanes of at least 4 members (excludes halogenated alkanes) is 4. The molecule has 0 radical (unpaired) electrons. The predicted molar refractivity (Wildman–Crippen MR) is 96.7 cm³/mol. The Morgan fingerprint density at radius 2 is 1.62 bits per heavy atom. The first-order chi connectivity index (χ1) is 10.0. The van der Waals surface area contributed by atoms with Crippen molar-refractivity contribution in [1.29, 1.82) is 0 Å². The Morgan fingerprint density at radius 1 is 0.905 bits per heavy atom. The molecule has 0 heterocycles. The molecule has 0 aromatic rings. The van der Waals surface area contributed by atoms with E-state index in [-0.39, 0.29) is 0 Å². The highest BCUT2D eigenvalue weighted by atomic mass is 14.6. The molecule has 1 saturated carbocycles. The van der Waals surface area contributed by atoms with Crippen molar-refractivity contribution >= 4 is 0 Å². The lowest BCUT2D eigenvalue weighted by atomic mass is 9.85. The molecule has 3 unspecified atom stereocenters. The van der Waals surface area contributed by atoms with Crippen LogP contribution in [0.15, 0.2) is 0 Å². The van der Waals surface area contributed by atoms with Crippen LogP contribution in [0.3, 0.4) is 0 Å². The van der Waals surface area contributed by atoms with Gasteiger partial charge in [0.25, 0.3) is 0 Å². The summed E-state index contributed by atoms with van der Waals surface area (Å²) in [6, 6.07) is 0. The zero-order valence-corrected chi connectivity index (χ0v) is 15.7. The first-order valence-electron chi connectivity index (χ1n) is 10.0. The van der Waals surface area contributed by atoms with E-state index in [0.717, 1.165) is 23.2 Å². The molecule has 0 saturated heterocycles. The minimum atomic E-state index is 0.769. The summed E-state index contributed by atoms with van der Waals surface area (Å²) in [5.74, 6) is 2.93. The summed E-state index contributed by atoms with van der Waals surface area (Å²) in [5.41, 5.74) is 0.769. The summed E-state index contributed by atoms with van der Waals surface area (Å²) in [4.78, 5) is 0. The molecule has 1 rings (SSSR count). The Bertz CT molecular complexity index is 255. The fraction of sp³-hybridized carbons (Fsp3) is 1.00. The maximum absolute atomic E-state index is 2.52. The predicted octanol–water partition coefficient (Wildman–Crippen LogP) is 7.62. The van der Waals surface area contributed by atoms with E-state index in [4.69, 9.17) is 0 Å². The van der Waals surface area contributed by atoms with Gasteiger partial charge in [0, 0.05) is 0 Å². The van der Waals surface area contributed by atoms with Gasteiger partial charge in [0.1, 0.15) is 0 Å². The van der Waals surface area contributed by atoms with E-state index >= 15 is 0 Å². The van der Waals surface area contributed by atoms with E-state index in [9.17, 15) is 0 Å². The third kappa shape index (κ3) is 7.20. The zero-order valence-electron chi connectivity index (χ0n) is 15.7. The van der Waals surface area contributed by atoms with Gasteiger partial charge in [0.05, 0.1) is 0 Å². The van der Waals surface area contributed by atoms with Crippen LogP contribution < -0.4 is 0 Å². The standard InChI is InChI=1S/C21H42/c1-6-8-10-15-20-17-21(20,7-2)16-19(5)14-12-9-11-13-18(3)4/h18-20H,6-17H2,1-5H3. The van der Waals surface area contributed by atoms with Gasteiger partial charge < -0.3 is 0 Å². The average Bonchev–Trinajstić information content (AvgIpc) is 3.12. The Kier molecular flexibility index (Phi) is 8.98. The molecule has 0 heteroatoms. The lowest BCUT2D eigenvalue weighted by Crippen LogP contribution is -2.09. The van der Waals surface area contributed by atoms with Gasteiger partial charge in [-0.25, -0.2) is 0 Å². The van der Waals surface area contributed by atoms with Gasteiger partial charge >= 0.3 is 0 Å². The molecule has 1 aliphatic carbocycles. The van der Waals surface area contributed by atoms with Crippen LogP contribution in [0.5, 0.6) is 0 Å². The quantitative estimate of drug-likeness (QED) is 0.306. The summed E-state index contributed by atoms with van der Waals surface area (Å²) in [6.07, 6.45) is 17.6. The summed E-state index contributed by atoms with van der Waals surface area (Å²) >= 11 is 0. The van der Waals surface area contributed by atoms with Crippen molar-refractivity contribution in [2.75, 3.05) is 0 Å². The SMILES string of the molecule is CCCCCC1CC1(CC)CC(C)CCCCCC(C)C. The molecule has 3 atom stereocenters. The molecule has 0 amide bonds. The molecule has 0 spiro atoms. The molecule has 0 bridgehead atoms. The van der Waals surface area contributed by atoms with Crippen molar-refractivity contribution < 1.29 is 0 Å². The molecular formula is C21H42. The van der Waals surface area contributed by atoms with E-state index in [2.05, 4.69) is 34.6 Å². The van der Waals surface area contributed by atoms with E-state index < -0.39 is 0 Å². The smallest absolute Gasteiger partial charge is 0.0266 e. The molecule has 0 nitrogen and oxygen atoms in total. The Labute approximate surface area is 135 Å². The molecule has 0 aromatic heterocycles. The van der Waals surface area contributed by atoms with Crippen LogP contribution in [-0.2, 0) is 0 Å². The van der Waals surface area contributed by atoms with Crippen molar-refractivity contribution in [3.63, 3.8) is 0 Å². The molecule has 0 aliphatic heterocycles. The lowest BCUT2D eigenvalue weighted by Gasteiger charge is -2.21. The molecule has 126 valence electrons. The van der Waals surface area contributed by atoms with Crippen LogP contribution in [-0.4, -0.2) is 0 Å². The molecule has 0 aromatic carbocycles.